The molecule has 0 amide bonds. The average molecular weight is 343 g/mol. The predicted molar refractivity (Wildman–Crippen MR) is 80.1 cm³/mol. The number of thiophene rings is 1. The van der Waals surface area contributed by atoms with Crippen LogP contribution < -0.4 is 5.73 Å². The van der Waals surface area contributed by atoms with Crippen molar-refractivity contribution in [1.82, 2.24) is 0 Å². The third-order valence-corrected chi connectivity index (χ3v) is 5.11. The van der Waals surface area contributed by atoms with Crippen molar-refractivity contribution < 1.29 is 22.4 Å². The Morgan fingerprint density at radius 3 is 2.35 bits per heavy atom. The summed E-state index contributed by atoms with van der Waals surface area (Å²) >= 11 is 1.04. The molecule has 0 saturated carbocycles. The minimum absolute atomic E-state index is 0.0345. The second-order valence-electron chi connectivity index (χ2n) is 5.52. The number of aryl methyl sites for hydroxylation is 1. The van der Waals surface area contributed by atoms with Crippen LogP contribution in [0.5, 0.6) is 0 Å². The lowest BCUT2D eigenvalue weighted by Crippen LogP contribution is -2.16. The zero-order valence-corrected chi connectivity index (χ0v) is 12.8. The van der Waals surface area contributed by atoms with Gasteiger partial charge in [-0.15, -0.1) is 11.3 Å². The summed E-state index contributed by atoms with van der Waals surface area (Å²) in [6.45, 7) is 0. The fourth-order valence-corrected chi connectivity index (χ4v) is 3.93. The maximum absolute atomic E-state index is 13.8. The maximum atomic E-state index is 13.8. The van der Waals surface area contributed by atoms with Gasteiger partial charge in [0, 0.05) is 17.7 Å². The van der Waals surface area contributed by atoms with E-state index < -0.39 is 35.3 Å². The average Bonchev–Trinajstić information content (AvgIpc) is 2.71. The SMILES string of the molecule is Nc1sc2c(c1C(=O)c1c(F)cccc1F)CCC(F)(F)CC2. The molecule has 1 aliphatic carbocycles. The molecule has 122 valence electrons. The number of carbonyl (C=O) groups excluding carboxylic acids is 1. The highest BCUT2D eigenvalue weighted by molar-refractivity contribution is 7.16. The van der Waals surface area contributed by atoms with E-state index in [4.69, 9.17) is 5.73 Å². The topological polar surface area (TPSA) is 43.1 Å². The molecule has 1 heterocycles. The first-order chi connectivity index (χ1) is 10.8. The van der Waals surface area contributed by atoms with Gasteiger partial charge in [0.05, 0.1) is 16.1 Å². The molecule has 3 rings (SSSR count). The Morgan fingerprint density at radius 2 is 1.70 bits per heavy atom. The fraction of sp³-hybridized carbons (Fsp3) is 0.312. The molecule has 1 aromatic carbocycles. The molecule has 0 atom stereocenters. The number of halogens is 4. The summed E-state index contributed by atoms with van der Waals surface area (Å²) in [6.07, 6.45) is -0.657. The molecular formula is C16H13F4NOS. The molecular weight excluding hydrogens is 330 g/mol. The summed E-state index contributed by atoms with van der Waals surface area (Å²) in [4.78, 5) is 13.2. The summed E-state index contributed by atoms with van der Waals surface area (Å²) in [5.41, 5.74) is 5.51. The van der Waals surface area contributed by atoms with Gasteiger partial charge in [-0.25, -0.2) is 17.6 Å². The number of fused-ring (bicyclic) bond motifs is 1. The van der Waals surface area contributed by atoms with E-state index in [1.54, 1.807) is 0 Å². The van der Waals surface area contributed by atoms with Crippen molar-refractivity contribution in [1.29, 1.82) is 0 Å². The third-order valence-electron chi connectivity index (χ3n) is 3.99. The Kier molecular flexibility index (Phi) is 3.91. The van der Waals surface area contributed by atoms with Crippen molar-refractivity contribution in [3.63, 3.8) is 0 Å². The lowest BCUT2D eigenvalue weighted by atomic mass is 9.97. The highest BCUT2D eigenvalue weighted by atomic mass is 32.1. The fourth-order valence-electron chi connectivity index (χ4n) is 2.82. The first-order valence-corrected chi connectivity index (χ1v) is 7.88. The Labute approximate surface area is 133 Å². The smallest absolute Gasteiger partial charge is 0.248 e. The summed E-state index contributed by atoms with van der Waals surface area (Å²) in [5, 5.41) is 0.118. The normalized spacial score (nSPS) is 16.7. The van der Waals surface area contributed by atoms with Crippen LogP contribution in [0.1, 0.15) is 39.2 Å². The summed E-state index contributed by atoms with van der Waals surface area (Å²) in [6, 6.07) is 3.11. The van der Waals surface area contributed by atoms with Crippen molar-refractivity contribution in [3.8, 4) is 0 Å². The molecule has 0 radical (unpaired) electrons. The summed E-state index contributed by atoms with van der Waals surface area (Å²) < 4.78 is 54.8. The number of carbonyl (C=O) groups is 1. The molecule has 23 heavy (non-hydrogen) atoms. The molecule has 0 aliphatic heterocycles. The van der Waals surface area contributed by atoms with Crippen molar-refractivity contribution in [2.75, 3.05) is 5.73 Å². The Balaban J connectivity index is 2.08. The number of anilines is 1. The molecule has 0 spiro atoms. The zero-order valence-electron chi connectivity index (χ0n) is 12.0. The number of nitrogens with two attached hydrogens (primary N) is 1. The van der Waals surface area contributed by atoms with E-state index in [-0.39, 0.29) is 29.8 Å². The van der Waals surface area contributed by atoms with E-state index >= 15 is 0 Å². The number of hydrogen-bond donors (Lipinski definition) is 1. The molecule has 1 aliphatic rings. The van der Waals surface area contributed by atoms with Crippen LogP contribution >= 0.6 is 11.3 Å². The van der Waals surface area contributed by atoms with Crippen LogP contribution in [0.2, 0.25) is 0 Å². The first-order valence-electron chi connectivity index (χ1n) is 7.07. The first kappa shape index (κ1) is 16.0. The Morgan fingerprint density at radius 1 is 1.09 bits per heavy atom. The van der Waals surface area contributed by atoms with Gasteiger partial charge in [-0.1, -0.05) is 6.07 Å². The van der Waals surface area contributed by atoms with E-state index in [2.05, 4.69) is 0 Å². The third kappa shape index (κ3) is 2.85. The number of hydrogen-bond acceptors (Lipinski definition) is 3. The number of alkyl halides is 2. The van der Waals surface area contributed by atoms with Crippen LogP contribution in [0.25, 0.3) is 0 Å². The van der Waals surface area contributed by atoms with Crippen molar-refractivity contribution in [2.45, 2.75) is 31.6 Å². The van der Waals surface area contributed by atoms with Crippen LogP contribution in [0.3, 0.4) is 0 Å². The molecule has 2 aromatic rings. The van der Waals surface area contributed by atoms with Crippen LogP contribution in [0, 0.1) is 11.6 Å². The van der Waals surface area contributed by atoms with Crippen LogP contribution in [0.15, 0.2) is 18.2 Å². The molecule has 0 unspecified atom stereocenters. The van der Waals surface area contributed by atoms with E-state index in [9.17, 15) is 22.4 Å². The number of ketones is 1. The van der Waals surface area contributed by atoms with Gasteiger partial charge >= 0.3 is 0 Å². The zero-order chi connectivity index (χ0) is 16.8. The predicted octanol–water partition coefficient (Wildman–Crippen LogP) is 4.35. The van der Waals surface area contributed by atoms with Crippen molar-refractivity contribution in [3.05, 3.63) is 51.4 Å². The molecule has 2 nitrogen and oxygen atoms in total. The maximum Gasteiger partial charge on any atom is 0.248 e. The number of rotatable bonds is 2. The highest BCUT2D eigenvalue weighted by Crippen LogP contribution is 2.40. The quantitative estimate of drug-likeness (QED) is 0.500. The van der Waals surface area contributed by atoms with Gasteiger partial charge in [-0.3, -0.25) is 4.79 Å². The van der Waals surface area contributed by atoms with Gasteiger partial charge in [-0.05, 0) is 30.5 Å². The van der Waals surface area contributed by atoms with Gasteiger partial charge < -0.3 is 5.73 Å². The van der Waals surface area contributed by atoms with Gasteiger partial charge in [0.25, 0.3) is 0 Å². The monoisotopic (exact) mass is 343 g/mol. The van der Waals surface area contributed by atoms with E-state index in [1.165, 1.54) is 0 Å². The second kappa shape index (κ2) is 5.63. The summed E-state index contributed by atoms with van der Waals surface area (Å²) in [7, 11) is 0. The van der Waals surface area contributed by atoms with Gasteiger partial charge in [0.15, 0.2) is 0 Å². The molecule has 0 bridgehead atoms. The minimum atomic E-state index is -2.81. The van der Waals surface area contributed by atoms with E-state index in [0.717, 1.165) is 29.5 Å². The molecule has 7 heteroatoms. The number of benzene rings is 1. The molecule has 1 aromatic heterocycles. The summed E-state index contributed by atoms with van der Waals surface area (Å²) in [5.74, 6) is -5.68. The Bertz CT molecular complexity index is 764. The minimum Gasteiger partial charge on any atom is -0.390 e. The molecule has 0 saturated heterocycles. The van der Waals surface area contributed by atoms with Crippen molar-refractivity contribution in [2.24, 2.45) is 0 Å². The van der Waals surface area contributed by atoms with Crippen LogP contribution in [0.4, 0.5) is 22.6 Å². The number of nitrogen functional groups attached to an aromatic ring is 1. The van der Waals surface area contributed by atoms with Gasteiger partial charge in [0.2, 0.25) is 11.7 Å². The lowest BCUT2D eigenvalue weighted by molar-refractivity contribution is -0.0130. The van der Waals surface area contributed by atoms with E-state index in [0.29, 0.717) is 10.4 Å². The Hall–Kier alpha value is -1.89. The van der Waals surface area contributed by atoms with Gasteiger partial charge in [-0.2, -0.15) is 0 Å². The molecule has 2 N–H and O–H groups in total. The van der Waals surface area contributed by atoms with E-state index in [1.807, 2.05) is 0 Å². The second-order valence-corrected chi connectivity index (χ2v) is 6.66. The largest absolute Gasteiger partial charge is 0.390 e. The van der Waals surface area contributed by atoms with Crippen molar-refractivity contribution >= 4 is 22.1 Å². The van der Waals surface area contributed by atoms with Crippen LogP contribution in [-0.4, -0.2) is 11.7 Å². The lowest BCUT2D eigenvalue weighted by Gasteiger charge is -2.12. The van der Waals surface area contributed by atoms with Crippen LogP contribution in [-0.2, 0) is 12.8 Å². The van der Waals surface area contributed by atoms with Gasteiger partial charge in [0.1, 0.15) is 11.6 Å². The molecule has 0 fully saturated rings. The standard InChI is InChI=1S/C16H13F4NOS/c17-9-2-1-3-10(18)13(9)14(22)12-8-4-6-16(19,20)7-5-11(8)23-15(12)21/h1-3H,4-7,21H2. The highest BCUT2D eigenvalue weighted by Gasteiger charge is 2.35.